The van der Waals surface area contributed by atoms with Gasteiger partial charge >= 0.3 is 33.3 Å². The summed E-state index contributed by atoms with van der Waals surface area (Å²) in [5.74, 6) is -1.31. The smallest absolute Gasteiger partial charge is 0.462 e. The molecule has 1 saturated heterocycles. The molecule has 2 heterocycles. The van der Waals surface area contributed by atoms with Crippen LogP contribution in [0.2, 0.25) is 0 Å². The number of aliphatic hydroxyl groups is 2. The van der Waals surface area contributed by atoms with Crippen LogP contribution in [0.1, 0.15) is 187 Å². The number of nitrogen functional groups attached to an aromatic ring is 1. The van der Waals surface area contributed by atoms with Crippen molar-refractivity contribution in [1.82, 2.24) is 9.55 Å². The number of ether oxygens (including phenoxy) is 3. The Balaban J connectivity index is 1.81. The van der Waals surface area contributed by atoms with Crippen LogP contribution in [0.3, 0.4) is 0 Å². The van der Waals surface area contributed by atoms with E-state index in [1.165, 1.54) is 51.0 Å². The van der Waals surface area contributed by atoms with Gasteiger partial charge in [-0.05, 0) is 76.7 Å². The maximum absolute atomic E-state index is 12.8. The fraction of sp³-hybridized carbons (Fsp3) is 0.750. The molecule has 68 heavy (non-hydrogen) atoms. The summed E-state index contributed by atoms with van der Waals surface area (Å²) in [6.45, 7) is 2.10. The number of nitrogens with two attached hydrogens (primary N) is 1. The first kappa shape index (κ1) is 61.1. The van der Waals surface area contributed by atoms with E-state index in [1.807, 2.05) is 0 Å². The van der Waals surface area contributed by atoms with E-state index in [0.29, 0.717) is 12.8 Å². The van der Waals surface area contributed by atoms with E-state index in [9.17, 15) is 43.5 Å². The average Bonchev–Trinajstić information content (AvgIpc) is 3.57. The van der Waals surface area contributed by atoms with Crippen LogP contribution in [-0.2, 0) is 46.3 Å². The number of carbonyl (C=O) groups excluding carboxylic acids is 2. The number of aromatic nitrogens is 2. The average molecular weight is 1000 g/mol. The number of hydrogen-bond donors (Lipinski definition) is 5. The van der Waals surface area contributed by atoms with E-state index in [0.717, 1.165) is 107 Å². The third-order valence-electron chi connectivity index (χ3n) is 11.2. The lowest BCUT2D eigenvalue weighted by Gasteiger charge is -2.21. The molecule has 390 valence electrons. The minimum absolute atomic E-state index is 0.0336. The maximum atomic E-state index is 12.8. The van der Waals surface area contributed by atoms with Crippen LogP contribution < -0.4 is 11.4 Å². The van der Waals surface area contributed by atoms with Gasteiger partial charge < -0.3 is 39.9 Å². The van der Waals surface area contributed by atoms with Crippen LogP contribution in [0, 0.1) is 0 Å². The highest BCUT2D eigenvalue weighted by molar-refractivity contribution is 7.61. The molecule has 0 saturated carbocycles. The number of phosphoric ester groups is 2. The van der Waals surface area contributed by atoms with E-state index >= 15 is 0 Å². The Bertz CT molecular complexity index is 1780. The molecule has 18 nitrogen and oxygen atoms in total. The first-order valence-corrected chi connectivity index (χ1v) is 28.0. The summed E-state index contributed by atoms with van der Waals surface area (Å²) in [6, 6.07) is 1.25. The Morgan fingerprint density at radius 2 is 1.19 bits per heavy atom. The normalized spacial score (nSPS) is 19.7. The van der Waals surface area contributed by atoms with E-state index < -0.39 is 83.7 Å². The van der Waals surface area contributed by atoms with Crippen molar-refractivity contribution in [2.24, 2.45) is 0 Å². The number of hydrogen-bond acceptors (Lipinski definition) is 15. The first-order chi connectivity index (χ1) is 32.7. The van der Waals surface area contributed by atoms with Gasteiger partial charge in [0.25, 0.3) is 0 Å². The molecule has 1 aromatic rings. The molecule has 0 radical (unpaired) electrons. The lowest BCUT2D eigenvalue weighted by Crippen LogP contribution is -2.36. The largest absolute Gasteiger partial charge is 0.481 e. The number of nitrogens with zero attached hydrogens (tertiary/aromatic N) is 2. The number of unbranched alkanes of at least 4 members (excludes halogenated alkanes) is 19. The van der Waals surface area contributed by atoms with E-state index in [2.05, 4.69) is 59.6 Å². The van der Waals surface area contributed by atoms with Gasteiger partial charge in [0.05, 0.1) is 13.2 Å². The molecule has 20 heteroatoms. The summed E-state index contributed by atoms with van der Waals surface area (Å²) < 4.78 is 56.7. The molecule has 0 bridgehead atoms. The number of carbonyl (C=O) groups is 2. The lowest BCUT2D eigenvalue weighted by atomic mass is 10.1. The molecule has 1 aliphatic heterocycles. The van der Waals surface area contributed by atoms with Crippen LogP contribution in [0.4, 0.5) is 5.82 Å². The van der Waals surface area contributed by atoms with Gasteiger partial charge in [-0.2, -0.15) is 9.29 Å². The number of rotatable bonds is 41. The molecular weight excluding hydrogens is 920 g/mol. The number of phosphoric acid groups is 2. The predicted molar refractivity (Wildman–Crippen MR) is 261 cm³/mol. The van der Waals surface area contributed by atoms with Crippen molar-refractivity contribution in [2.45, 2.75) is 211 Å². The second-order valence-electron chi connectivity index (χ2n) is 17.3. The summed E-state index contributed by atoms with van der Waals surface area (Å²) in [6.07, 6.45) is 32.2. The van der Waals surface area contributed by atoms with E-state index in [-0.39, 0.29) is 18.7 Å². The van der Waals surface area contributed by atoms with Crippen molar-refractivity contribution in [3.8, 4) is 0 Å². The zero-order valence-corrected chi connectivity index (χ0v) is 42.4. The molecule has 0 aliphatic carbocycles. The Kier molecular flexibility index (Phi) is 33.1. The molecular formula is C48H83N3O15P2. The molecule has 0 amide bonds. The summed E-state index contributed by atoms with van der Waals surface area (Å²) >= 11 is 0. The van der Waals surface area contributed by atoms with E-state index in [1.54, 1.807) is 0 Å². The van der Waals surface area contributed by atoms with Gasteiger partial charge in [0, 0.05) is 19.0 Å². The lowest BCUT2D eigenvalue weighted by molar-refractivity contribution is -0.161. The highest BCUT2D eigenvalue weighted by Crippen LogP contribution is 2.60. The van der Waals surface area contributed by atoms with Crippen LogP contribution in [0.25, 0.3) is 0 Å². The van der Waals surface area contributed by atoms with Crippen molar-refractivity contribution < 1.29 is 66.3 Å². The molecule has 3 unspecified atom stereocenters. The zero-order valence-electron chi connectivity index (χ0n) is 40.7. The second-order valence-corrected chi connectivity index (χ2v) is 20.4. The molecule has 1 aliphatic rings. The second kappa shape index (κ2) is 36.9. The summed E-state index contributed by atoms with van der Waals surface area (Å²) in [5, 5.41) is 20.9. The van der Waals surface area contributed by atoms with Gasteiger partial charge in [-0.15, -0.1) is 0 Å². The van der Waals surface area contributed by atoms with Crippen LogP contribution in [0.5, 0.6) is 0 Å². The molecule has 1 aromatic heterocycles. The zero-order chi connectivity index (χ0) is 49.9. The van der Waals surface area contributed by atoms with Gasteiger partial charge in [0.1, 0.15) is 30.7 Å². The maximum Gasteiger partial charge on any atom is 0.481 e. The third-order valence-corrected chi connectivity index (χ3v) is 13.8. The highest BCUT2D eigenvalue weighted by Gasteiger charge is 2.46. The quantitative estimate of drug-likeness (QED) is 0.0177. The topological polar surface area (TPSA) is 265 Å². The molecule has 6 N–H and O–H groups in total. The Morgan fingerprint density at radius 1 is 0.706 bits per heavy atom. The predicted octanol–water partition coefficient (Wildman–Crippen LogP) is 10.0. The van der Waals surface area contributed by atoms with Crippen LogP contribution in [-0.4, -0.2) is 85.7 Å². The van der Waals surface area contributed by atoms with E-state index in [4.69, 9.17) is 29.0 Å². The molecule has 1 fully saturated rings. The molecule has 2 rings (SSSR count). The molecule has 0 spiro atoms. The van der Waals surface area contributed by atoms with Gasteiger partial charge in [-0.1, -0.05) is 134 Å². The summed E-state index contributed by atoms with van der Waals surface area (Å²) in [4.78, 5) is 61.8. The molecule has 7 atom stereocenters. The van der Waals surface area contributed by atoms with Crippen LogP contribution >= 0.6 is 15.6 Å². The van der Waals surface area contributed by atoms with Gasteiger partial charge in [-0.3, -0.25) is 23.2 Å². The van der Waals surface area contributed by atoms with Crippen molar-refractivity contribution in [1.29, 1.82) is 0 Å². The van der Waals surface area contributed by atoms with Gasteiger partial charge in [-0.25, -0.2) is 13.9 Å². The number of aliphatic hydroxyl groups excluding tert-OH is 2. The van der Waals surface area contributed by atoms with Crippen molar-refractivity contribution in [3.05, 3.63) is 59.2 Å². The minimum atomic E-state index is -5.43. The Labute approximate surface area is 404 Å². The third kappa shape index (κ3) is 29.2. The monoisotopic (exact) mass is 1000 g/mol. The highest BCUT2D eigenvalue weighted by atomic mass is 31.3. The fourth-order valence-corrected chi connectivity index (χ4v) is 9.39. The Morgan fingerprint density at radius 3 is 1.76 bits per heavy atom. The number of allylic oxidation sites excluding steroid dienone is 6. The van der Waals surface area contributed by atoms with Crippen molar-refractivity contribution in [2.75, 3.05) is 25.6 Å². The van der Waals surface area contributed by atoms with Gasteiger partial charge in [0.15, 0.2) is 12.3 Å². The number of esters is 2. The van der Waals surface area contributed by atoms with Crippen molar-refractivity contribution in [3.63, 3.8) is 0 Å². The fourth-order valence-electron chi connectivity index (χ4n) is 7.28. The molecule has 0 aromatic carbocycles. The minimum Gasteiger partial charge on any atom is -0.462 e. The SMILES string of the molecule is CCCCC/C=C\C/C=C\CCCCCCCC(=O)O[C@H](COC(=O)CCCCCCCCC/C=C\CCCCCC)COP(=O)(O)OP(=O)(O)OC[C@H]1O[C@@H](n2ccc(N)nc2=O)C(O)[C@H]1O. The van der Waals surface area contributed by atoms with Gasteiger partial charge in [0.2, 0.25) is 0 Å². The summed E-state index contributed by atoms with van der Waals surface area (Å²) in [5.41, 5.74) is 4.59. The first-order valence-electron chi connectivity index (χ1n) is 25.0. The number of anilines is 1. The standard InChI is InChI=1S/C48H83N3O15P2/c1-3-5-7-9-11-13-15-17-19-21-23-25-27-29-31-33-43(52)61-37-40(64-44(53)34-32-30-28-26-24-22-20-18-16-14-12-10-8-6-4-2)38-62-67(57,58)66-68(59,60)63-39-41-45(54)46(55)47(65-41)51-36-35-42(49)50-48(51)56/h12-15,18,20,35-36,40-41,45-47,54-55H,3-11,16-17,19,21-34,37-39H2,1-2H3,(H,57,58)(H,59,60)(H2,49,50,56)/b14-12-,15-13-,20-18-/t40-,41-,45+,46?,47-/m1/s1. The van der Waals surface area contributed by atoms with Crippen molar-refractivity contribution >= 4 is 33.4 Å². The van der Waals surface area contributed by atoms with Crippen LogP contribution in [0.15, 0.2) is 53.5 Å². The summed E-state index contributed by atoms with van der Waals surface area (Å²) in [7, 11) is -10.8. The Hall–Kier alpha value is -3.02.